The number of nitrogens with one attached hydrogen (secondary N) is 1. The lowest BCUT2D eigenvalue weighted by atomic mass is 10.1. The zero-order valence-corrected chi connectivity index (χ0v) is 13.7. The van der Waals surface area contributed by atoms with Crippen LogP contribution in [0.1, 0.15) is 16.9 Å². The molecule has 1 amide bonds. The van der Waals surface area contributed by atoms with Crippen molar-refractivity contribution >= 4 is 23.6 Å². The van der Waals surface area contributed by atoms with Crippen LogP contribution in [-0.4, -0.2) is 20.0 Å². The van der Waals surface area contributed by atoms with Gasteiger partial charge in [-0.25, -0.2) is 0 Å². The minimum atomic E-state index is -0.456. The normalized spacial score (nSPS) is 11.0. The molecule has 0 aliphatic heterocycles. The van der Waals surface area contributed by atoms with E-state index in [0.717, 1.165) is 11.1 Å². The molecule has 0 saturated carbocycles. The molecule has 1 heterocycles. The molecule has 1 aromatic heterocycles. The lowest BCUT2D eigenvalue weighted by molar-refractivity contribution is -0.112. The second-order valence-corrected chi connectivity index (χ2v) is 5.51. The molecule has 118 valence electrons. The fourth-order valence-electron chi connectivity index (χ4n) is 2.09. The number of aryl methyl sites for hydroxylation is 2. The van der Waals surface area contributed by atoms with Crippen LogP contribution < -0.4 is 10.2 Å². The minimum absolute atomic E-state index is 0.00960. The Morgan fingerprint density at radius 3 is 2.57 bits per heavy atom. The van der Waals surface area contributed by atoms with Crippen molar-refractivity contribution in [2.75, 3.05) is 24.3 Å². The topological polar surface area (TPSA) is 69.3 Å². The van der Waals surface area contributed by atoms with Gasteiger partial charge in [0.1, 0.15) is 17.4 Å². The van der Waals surface area contributed by atoms with Gasteiger partial charge in [-0.1, -0.05) is 17.7 Å². The van der Waals surface area contributed by atoms with Crippen LogP contribution in [0.5, 0.6) is 0 Å². The van der Waals surface area contributed by atoms with Crippen molar-refractivity contribution in [1.29, 1.82) is 5.26 Å². The highest BCUT2D eigenvalue weighted by molar-refractivity contribution is 6.09. The average molecular weight is 309 g/mol. The molecule has 5 nitrogen and oxygen atoms in total. The van der Waals surface area contributed by atoms with Crippen LogP contribution in [0.4, 0.5) is 11.6 Å². The third kappa shape index (κ3) is 4.01. The number of hydrogen-bond acceptors (Lipinski definition) is 4. The number of furan rings is 1. The number of anilines is 2. The largest absolute Gasteiger partial charge is 0.441 e. The van der Waals surface area contributed by atoms with Crippen molar-refractivity contribution in [3.05, 3.63) is 52.8 Å². The summed E-state index contributed by atoms with van der Waals surface area (Å²) in [5, 5.41) is 12.0. The number of nitriles is 1. The zero-order valence-electron chi connectivity index (χ0n) is 13.7. The van der Waals surface area contributed by atoms with Crippen molar-refractivity contribution < 1.29 is 9.21 Å². The van der Waals surface area contributed by atoms with Gasteiger partial charge in [-0.3, -0.25) is 4.79 Å². The maximum atomic E-state index is 12.3. The lowest BCUT2D eigenvalue weighted by Gasteiger charge is -2.08. The molecule has 23 heavy (non-hydrogen) atoms. The summed E-state index contributed by atoms with van der Waals surface area (Å²) in [5.41, 5.74) is 2.74. The Bertz CT molecular complexity index is 795. The number of carbonyl (C=O) groups excluding carboxylic acids is 1. The van der Waals surface area contributed by atoms with Crippen LogP contribution in [0.3, 0.4) is 0 Å². The van der Waals surface area contributed by atoms with Crippen molar-refractivity contribution in [2.24, 2.45) is 0 Å². The van der Waals surface area contributed by atoms with E-state index in [9.17, 15) is 10.1 Å². The second kappa shape index (κ2) is 6.84. The fourth-order valence-corrected chi connectivity index (χ4v) is 2.09. The molecule has 1 N–H and O–H groups in total. The fraction of sp³-hybridized carbons (Fsp3) is 0.222. The molecule has 0 saturated heterocycles. The zero-order chi connectivity index (χ0) is 17.0. The van der Waals surface area contributed by atoms with Crippen LogP contribution >= 0.6 is 0 Å². The highest BCUT2D eigenvalue weighted by Crippen LogP contribution is 2.20. The van der Waals surface area contributed by atoms with E-state index in [1.807, 2.05) is 52.2 Å². The van der Waals surface area contributed by atoms with Crippen molar-refractivity contribution in [1.82, 2.24) is 0 Å². The van der Waals surface area contributed by atoms with E-state index in [1.165, 1.54) is 6.08 Å². The van der Waals surface area contributed by atoms with Crippen LogP contribution in [0, 0.1) is 25.2 Å². The van der Waals surface area contributed by atoms with E-state index in [0.29, 0.717) is 17.3 Å². The molecule has 2 rings (SSSR count). The Kier molecular flexibility index (Phi) is 4.87. The van der Waals surface area contributed by atoms with E-state index in [-0.39, 0.29) is 5.57 Å². The standard InChI is InChI=1S/C18H19N3O2/c1-12-5-7-16(13(2)9-12)20-18(22)14(11-19)10-15-6-8-17(23-15)21(3)4/h5-10H,1-4H3,(H,20,22)/b14-10+. The number of hydrogen-bond donors (Lipinski definition) is 1. The SMILES string of the molecule is Cc1ccc(NC(=O)/C(C#N)=C/c2ccc(N(C)C)o2)c(C)c1. The first kappa shape index (κ1) is 16.4. The Hall–Kier alpha value is -3.00. The molecule has 0 atom stereocenters. The molecule has 5 heteroatoms. The number of amides is 1. The van der Waals surface area contributed by atoms with Gasteiger partial charge in [0, 0.05) is 31.9 Å². The highest BCUT2D eigenvalue weighted by Gasteiger charge is 2.12. The Morgan fingerprint density at radius 1 is 1.26 bits per heavy atom. The van der Waals surface area contributed by atoms with Gasteiger partial charge < -0.3 is 14.6 Å². The summed E-state index contributed by atoms with van der Waals surface area (Å²) in [7, 11) is 3.70. The summed E-state index contributed by atoms with van der Waals surface area (Å²) >= 11 is 0. The van der Waals surface area contributed by atoms with Gasteiger partial charge in [0.05, 0.1) is 0 Å². The number of rotatable bonds is 4. The molecule has 0 aliphatic carbocycles. The average Bonchev–Trinajstić information content (AvgIpc) is 2.96. The summed E-state index contributed by atoms with van der Waals surface area (Å²) in [5.74, 6) is 0.659. The first-order valence-electron chi connectivity index (χ1n) is 7.18. The Balaban J connectivity index is 2.21. The summed E-state index contributed by atoms with van der Waals surface area (Å²) < 4.78 is 5.54. The molecule has 0 radical (unpaired) electrons. The molecule has 1 aromatic carbocycles. The van der Waals surface area contributed by atoms with Crippen molar-refractivity contribution in [3.63, 3.8) is 0 Å². The Labute approximate surface area is 135 Å². The van der Waals surface area contributed by atoms with E-state index >= 15 is 0 Å². The smallest absolute Gasteiger partial charge is 0.266 e. The lowest BCUT2D eigenvalue weighted by Crippen LogP contribution is -2.14. The molecule has 0 unspecified atom stereocenters. The Morgan fingerprint density at radius 2 is 2.00 bits per heavy atom. The first-order chi connectivity index (χ1) is 10.9. The second-order valence-electron chi connectivity index (χ2n) is 5.51. The molecule has 0 spiro atoms. The van der Waals surface area contributed by atoms with E-state index in [2.05, 4.69) is 5.32 Å². The quantitative estimate of drug-likeness (QED) is 0.693. The summed E-state index contributed by atoms with van der Waals surface area (Å²) in [6.45, 7) is 3.90. The molecule has 0 bridgehead atoms. The number of nitrogens with zero attached hydrogens (tertiary/aromatic N) is 2. The predicted octanol–water partition coefficient (Wildman–Crippen LogP) is 3.51. The van der Waals surface area contributed by atoms with Gasteiger partial charge in [0.25, 0.3) is 5.91 Å². The number of benzene rings is 1. The number of carbonyl (C=O) groups is 1. The maximum Gasteiger partial charge on any atom is 0.266 e. The van der Waals surface area contributed by atoms with Gasteiger partial charge in [-0.05, 0) is 31.5 Å². The summed E-state index contributed by atoms with van der Waals surface area (Å²) in [6.07, 6.45) is 1.44. The molecular weight excluding hydrogens is 290 g/mol. The summed E-state index contributed by atoms with van der Waals surface area (Å²) in [6, 6.07) is 11.1. The van der Waals surface area contributed by atoms with Crippen LogP contribution in [0.2, 0.25) is 0 Å². The van der Waals surface area contributed by atoms with E-state index in [4.69, 9.17) is 4.42 Å². The van der Waals surface area contributed by atoms with Gasteiger partial charge >= 0.3 is 0 Å². The van der Waals surface area contributed by atoms with Crippen LogP contribution in [-0.2, 0) is 4.79 Å². The molecule has 2 aromatic rings. The van der Waals surface area contributed by atoms with Crippen LogP contribution in [0.25, 0.3) is 6.08 Å². The van der Waals surface area contributed by atoms with E-state index in [1.54, 1.807) is 17.0 Å². The highest BCUT2D eigenvalue weighted by atomic mass is 16.4. The molecular formula is C18H19N3O2. The minimum Gasteiger partial charge on any atom is -0.441 e. The molecule has 0 aliphatic rings. The van der Waals surface area contributed by atoms with Crippen molar-refractivity contribution in [2.45, 2.75) is 13.8 Å². The van der Waals surface area contributed by atoms with Gasteiger partial charge in [-0.15, -0.1) is 0 Å². The van der Waals surface area contributed by atoms with Gasteiger partial charge in [-0.2, -0.15) is 5.26 Å². The third-order valence-corrected chi connectivity index (χ3v) is 3.34. The predicted molar refractivity (Wildman–Crippen MR) is 91.2 cm³/mol. The first-order valence-corrected chi connectivity index (χ1v) is 7.18. The van der Waals surface area contributed by atoms with Gasteiger partial charge in [0.15, 0.2) is 5.88 Å². The van der Waals surface area contributed by atoms with Crippen LogP contribution in [0.15, 0.2) is 40.3 Å². The van der Waals surface area contributed by atoms with Crippen molar-refractivity contribution in [3.8, 4) is 6.07 Å². The molecule has 0 fully saturated rings. The van der Waals surface area contributed by atoms with E-state index < -0.39 is 5.91 Å². The monoisotopic (exact) mass is 309 g/mol. The van der Waals surface area contributed by atoms with Gasteiger partial charge in [0.2, 0.25) is 0 Å². The maximum absolute atomic E-state index is 12.3. The summed E-state index contributed by atoms with van der Waals surface area (Å²) in [4.78, 5) is 14.1. The third-order valence-electron chi connectivity index (χ3n) is 3.34.